The van der Waals surface area contributed by atoms with Crippen LogP contribution in [0.25, 0.3) is 11.4 Å². The zero-order valence-electron chi connectivity index (χ0n) is 9.04. The van der Waals surface area contributed by atoms with E-state index in [2.05, 4.69) is 14.9 Å². The summed E-state index contributed by atoms with van der Waals surface area (Å²) in [5, 5.41) is 7.77. The largest absolute Gasteiger partial charge is 0.463 e. The van der Waals surface area contributed by atoms with Crippen molar-refractivity contribution in [1.29, 1.82) is 0 Å². The number of carbonyl (C=O) groups excluding carboxylic acids is 1. The fourth-order valence-corrected chi connectivity index (χ4v) is 1.44. The van der Waals surface area contributed by atoms with Crippen molar-refractivity contribution in [3.8, 4) is 11.4 Å². The quantitative estimate of drug-likeness (QED) is 0.711. The van der Waals surface area contributed by atoms with Gasteiger partial charge in [0.25, 0.3) is 0 Å². The molecule has 0 unspecified atom stereocenters. The molecule has 0 spiro atoms. The van der Waals surface area contributed by atoms with Crippen LogP contribution in [0.2, 0.25) is 0 Å². The molecular weight excluding hydrogens is 206 g/mol. The van der Waals surface area contributed by atoms with Crippen LogP contribution >= 0.6 is 0 Å². The van der Waals surface area contributed by atoms with Crippen molar-refractivity contribution in [2.45, 2.75) is 0 Å². The Bertz CT molecular complexity index is 505. The lowest BCUT2D eigenvalue weighted by atomic mass is 10.2. The van der Waals surface area contributed by atoms with E-state index in [0.29, 0.717) is 5.82 Å². The lowest BCUT2D eigenvalue weighted by Gasteiger charge is -2.02. The SMILES string of the molecule is COC(=O)c1nnc(-c2ccccc2)n1C. The number of esters is 1. The predicted octanol–water partition coefficient (Wildman–Crippen LogP) is 1.27. The van der Waals surface area contributed by atoms with Gasteiger partial charge < -0.3 is 9.30 Å². The minimum Gasteiger partial charge on any atom is -0.463 e. The number of aromatic nitrogens is 3. The Balaban J connectivity index is 2.45. The molecule has 0 saturated carbocycles. The Morgan fingerprint density at radius 1 is 1.25 bits per heavy atom. The molecule has 0 radical (unpaired) electrons. The third kappa shape index (κ3) is 1.67. The molecule has 2 aromatic rings. The van der Waals surface area contributed by atoms with Gasteiger partial charge in [-0.05, 0) is 0 Å². The van der Waals surface area contributed by atoms with Gasteiger partial charge in [0.05, 0.1) is 7.11 Å². The molecule has 16 heavy (non-hydrogen) atoms. The molecule has 5 heteroatoms. The van der Waals surface area contributed by atoms with E-state index in [1.54, 1.807) is 11.6 Å². The number of benzene rings is 1. The Kier molecular flexibility index (Phi) is 2.68. The molecule has 5 nitrogen and oxygen atoms in total. The molecule has 82 valence electrons. The van der Waals surface area contributed by atoms with Crippen LogP contribution in [-0.2, 0) is 11.8 Å². The molecule has 1 aromatic heterocycles. The summed E-state index contributed by atoms with van der Waals surface area (Å²) in [5.74, 6) is 0.347. The van der Waals surface area contributed by atoms with Crippen LogP contribution in [0.5, 0.6) is 0 Å². The van der Waals surface area contributed by atoms with Crippen LogP contribution in [0.1, 0.15) is 10.6 Å². The second-order valence-corrected chi connectivity index (χ2v) is 3.26. The maximum absolute atomic E-state index is 11.3. The zero-order chi connectivity index (χ0) is 11.5. The average Bonchev–Trinajstić information content (AvgIpc) is 2.71. The zero-order valence-corrected chi connectivity index (χ0v) is 9.04. The molecule has 0 fully saturated rings. The van der Waals surface area contributed by atoms with E-state index in [9.17, 15) is 4.79 Å². The Morgan fingerprint density at radius 2 is 1.94 bits per heavy atom. The van der Waals surface area contributed by atoms with Crippen molar-refractivity contribution in [1.82, 2.24) is 14.8 Å². The molecule has 0 saturated heterocycles. The van der Waals surface area contributed by atoms with Crippen LogP contribution in [0.3, 0.4) is 0 Å². The molecule has 0 aliphatic carbocycles. The monoisotopic (exact) mass is 217 g/mol. The number of methoxy groups -OCH3 is 1. The normalized spacial score (nSPS) is 10.1. The second-order valence-electron chi connectivity index (χ2n) is 3.26. The summed E-state index contributed by atoms with van der Waals surface area (Å²) in [6, 6.07) is 9.54. The van der Waals surface area contributed by atoms with Crippen LogP contribution in [0.15, 0.2) is 30.3 Å². The Morgan fingerprint density at radius 3 is 2.56 bits per heavy atom. The molecule has 0 N–H and O–H groups in total. The summed E-state index contributed by atoms with van der Waals surface area (Å²) in [5.41, 5.74) is 0.910. The summed E-state index contributed by atoms with van der Waals surface area (Å²) in [6.45, 7) is 0. The second kappa shape index (κ2) is 4.14. The highest BCUT2D eigenvalue weighted by molar-refractivity contribution is 5.86. The van der Waals surface area contributed by atoms with Crippen molar-refractivity contribution in [2.75, 3.05) is 7.11 Å². The van der Waals surface area contributed by atoms with Crippen molar-refractivity contribution in [3.63, 3.8) is 0 Å². The summed E-state index contributed by atoms with van der Waals surface area (Å²) in [6.07, 6.45) is 0. The molecule has 1 aromatic carbocycles. The topological polar surface area (TPSA) is 57.0 Å². The van der Waals surface area contributed by atoms with Crippen LogP contribution in [-0.4, -0.2) is 27.8 Å². The molecule has 1 heterocycles. The third-order valence-electron chi connectivity index (χ3n) is 2.27. The fraction of sp³-hybridized carbons (Fsp3) is 0.182. The molecule has 2 rings (SSSR count). The molecule has 0 aliphatic rings. The van der Waals surface area contributed by atoms with Crippen LogP contribution < -0.4 is 0 Å². The number of carbonyl (C=O) groups is 1. The molecule has 0 bridgehead atoms. The average molecular weight is 217 g/mol. The Labute approximate surface area is 92.7 Å². The lowest BCUT2D eigenvalue weighted by molar-refractivity contribution is 0.0582. The first-order valence-electron chi connectivity index (χ1n) is 4.77. The van der Waals surface area contributed by atoms with Gasteiger partial charge >= 0.3 is 5.97 Å². The third-order valence-corrected chi connectivity index (χ3v) is 2.27. The van der Waals surface area contributed by atoms with Crippen LogP contribution in [0.4, 0.5) is 0 Å². The fourth-order valence-electron chi connectivity index (χ4n) is 1.44. The standard InChI is InChI=1S/C11H11N3O2/c1-14-9(8-6-4-3-5-7-8)12-13-10(14)11(15)16-2/h3-7H,1-2H3. The number of hydrogen-bond donors (Lipinski definition) is 0. The van der Waals surface area contributed by atoms with Gasteiger partial charge in [0.2, 0.25) is 5.82 Å². The van der Waals surface area contributed by atoms with Gasteiger partial charge in [0, 0.05) is 12.6 Å². The van der Waals surface area contributed by atoms with Gasteiger partial charge in [-0.1, -0.05) is 30.3 Å². The van der Waals surface area contributed by atoms with E-state index in [-0.39, 0.29) is 5.82 Å². The first kappa shape index (κ1) is 10.4. The van der Waals surface area contributed by atoms with Gasteiger partial charge in [-0.15, -0.1) is 10.2 Å². The minimum absolute atomic E-state index is 0.196. The Hall–Kier alpha value is -2.17. The van der Waals surface area contributed by atoms with Crippen LogP contribution in [0, 0.1) is 0 Å². The number of rotatable bonds is 2. The molecule has 0 atom stereocenters. The summed E-state index contributed by atoms with van der Waals surface area (Å²) >= 11 is 0. The molecule has 0 aliphatic heterocycles. The summed E-state index contributed by atoms with van der Waals surface area (Å²) in [7, 11) is 3.05. The molecular formula is C11H11N3O2. The highest BCUT2D eigenvalue weighted by atomic mass is 16.5. The maximum atomic E-state index is 11.3. The highest BCUT2D eigenvalue weighted by Crippen LogP contribution is 2.16. The van der Waals surface area contributed by atoms with E-state index < -0.39 is 5.97 Å². The van der Waals surface area contributed by atoms with E-state index in [0.717, 1.165) is 5.56 Å². The lowest BCUT2D eigenvalue weighted by Crippen LogP contribution is -2.09. The van der Waals surface area contributed by atoms with Gasteiger partial charge in [-0.3, -0.25) is 0 Å². The number of ether oxygens (including phenoxy) is 1. The van der Waals surface area contributed by atoms with Crippen molar-refractivity contribution in [3.05, 3.63) is 36.2 Å². The maximum Gasteiger partial charge on any atom is 0.376 e. The van der Waals surface area contributed by atoms with Gasteiger partial charge in [-0.25, -0.2) is 4.79 Å². The van der Waals surface area contributed by atoms with E-state index in [1.807, 2.05) is 30.3 Å². The first-order valence-corrected chi connectivity index (χ1v) is 4.77. The highest BCUT2D eigenvalue weighted by Gasteiger charge is 2.16. The predicted molar refractivity (Wildman–Crippen MR) is 57.8 cm³/mol. The smallest absolute Gasteiger partial charge is 0.376 e. The number of nitrogens with zero attached hydrogens (tertiary/aromatic N) is 3. The number of hydrogen-bond acceptors (Lipinski definition) is 4. The van der Waals surface area contributed by atoms with Gasteiger partial charge in [0.15, 0.2) is 5.82 Å². The van der Waals surface area contributed by atoms with E-state index in [4.69, 9.17) is 0 Å². The van der Waals surface area contributed by atoms with E-state index in [1.165, 1.54) is 7.11 Å². The summed E-state index contributed by atoms with van der Waals surface area (Å²) in [4.78, 5) is 11.3. The first-order chi connectivity index (χ1) is 7.74. The van der Waals surface area contributed by atoms with Gasteiger partial charge in [0.1, 0.15) is 0 Å². The minimum atomic E-state index is -0.489. The molecule has 0 amide bonds. The summed E-state index contributed by atoms with van der Waals surface area (Å²) < 4.78 is 6.22. The van der Waals surface area contributed by atoms with Gasteiger partial charge in [-0.2, -0.15) is 0 Å². The van der Waals surface area contributed by atoms with Crippen molar-refractivity contribution < 1.29 is 9.53 Å². The van der Waals surface area contributed by atoms with Crippen molar-refractivity contribution in [2.24, 2.45) is 7.05 Å². The van der Waals surface area contributed by atoms with E-state index >= 15 is 0 Å². The van der Waals surface area contributed by atoms with Crippen molar-refractivity contribution >= 4 is 5.97 Å².